The molecular formula is C16H24O2. The molecule has 0 aliphatic rings. The van der Waals surface area contributed by atoms with Crippen molar-refractivity contribution >= 4 is 5.78 Å². The van der Waals surface area contributed by atoms with Gasteiger partial charge in [-0.2, -0.15) is 0 Å². The molecule has 100 valence electrons. The number of benzene rings is 1. The highest BCUT2D eigenvalue weighted by molar-refractivity contribution is 5.80. The van der Waals surface area contributed by atoms with Gasteiger partial charge >= 0.3 is 0 Å². The maximum absolute atomic E-state index is 11.4. The van der Waals surface area contributed by atoms with Crippen molar-refractivity contribution in [3.05, 3.63) is 29.8 Å². The first-order valence-electron chi connectivity index (χ1n) is 6.76. The Hall–Kier alpha value is -1.31. The van der Waals surface area contributed by atoms with Gasteiger partial charge in [0.15, 0.2) is 0 Å². The molecule has 0 aliphatic heterocycles. The fraction of sp³-hybridized carbons (Fsp3) is 0.562. The van der Waals surface area contributed by atoms with Crippen molar-refractivity contribution in [2.75, 3.05) is 6.61 Å². The molecular weight excluding hydrogens is 224 g/mol. The molecule has 0 bridgehead atoms. The van der Waals surface area contributed by atoms with Gasteiger partial charge in [-0.3, -0.25) is 4.79 Å². The van der Waals surface area contributed by atoms with E-state index in [1.165, 1.54) is 5.56 Å². The van der Waals surface area contributed by atoms with E-state index < -0.39 is 0 Å². The summed E-state index contributed by atoms with van der Waals surface area (Å²) < 4.78 is 5.62. The second kappa shape index (κ2) is 7.20. The largest absolute Gasteiger partial charge is 0.494 e. The minimum atomic E-state index is 0.135. The number of ether oxygens (including phenoxy) is 1. The van der Waals surface area contributed by atoms with Gasteiger partial charge in [0.1, 0.15) is 11.5 Å². The lowest BCUT2D eigenvalue weighted by Crippen LogP contribution is -2.08. The van der Waals surface area contributed by atoms with Gasteiger partial charge in [-0.05, 0) is 30.0 Å². The molecule has 2 nitrogen and oxygen atoms in total. The van der Waals surface area contributed by atoms with Gasteiger partial charge in [0.2, 0.25) is 0 Å². The summed E-state index contributed by atoms with van der Waals surface area (Å²) in [7, 11) is 0. The van der Waals surface area contributed by atoms with Crippen molar-refractivity contribution in [3.8, 4) is 5.75 Å². The maximum atomic E-state index is 11.4. The first-order valence-corrected chi connectivity index (χ1v) is 6.76. The Morgan fingerprint density at radius 2 is 1.72 bits per heavy atom. The monoisotopic (exact) mass is 248 g/mol. The lowest BCUT2D eigenvalue weighted by molar-refractivity contribution is -0.122. The summed E-state index contributed by atoms with van der Waals surface area (Å²) in [5.41, 5.74) is 1.32. The van der Waals surface area contributed by atoms with Gasteiger partial charge < -0.3 is 4.74 Å². The average Bonchev–Trinajstić information content (AvgIpc) is 2.34. The highest BCUT2D eigenvalue weighted by Gasteiger charge is 2.06. The number of Topliss-reactive ketones (excluding diaryl/α,β-unsaturated/α-hetero) is 1. The number of ketones is 1. The van der Waals surface area contributed by atoms with Crippen molar-refractivity contribution in [3.63, 3.8) is 0 Å². The van der Waals surface area contributed by atoms with E-state index >= 15 is 0 Å². The summed E-state index contributed by atoms with van der Waals surface area (Å²) in [5.74, 6) is 1.88. The number of carbonyl (C=O) groups is 1. The molecule has 0 fully saturated rings. The summed E-state index contributed by atoms with van der Waals surface area (Å²) in [4.78, 5) is 11.4. The number of rotatable bonds is 7. The zero-order valence-corrected chi connectivity index (χ0v) is 11.9. The minimum Gasteiger partial charge on any atom is -0.494 e. The van der Waals surface area contributed by atoms with Crippen molar-refractivity contribution in [1.82, 2.24) is 0 Å². The molecule has 0 atom stereocenters. The van der Waals surface area contributed by atoms with E-state index in [4.69, 9.17) is 4.74 Å². The van der Waals surface area contributed by atoms with Crippen LogP contribution in [-0.2, 0) is 4.79 Å². The molecule has 0 aliphatic carbocycles. The zero-order valence-electron chi connectivity index (χ0n) is 11.9. The smallest absolute Gasteiger partial charge is 0.135 e. The van der Waals surface area contributed by atoms with Crippen LogP contribution in [0, 0.1) is 5.92 Å². The lowest BCUT2D eigenvalue weighted by atomic mass is 10.0. The Balaban J connectivity index is 2.29. The van der Waals surface area contributed by atoms with Gasteiger partial charge in [-0.1, -0.05) is 39.8 Å². The van der Waals surface area contributed by atoms with E-state index in [2.05, 4.69) is 26.0 Å². The predicted octanol–water partition coefficient (Wildman–Crippen LogP) is 4.19. The third kappa shape index (κ3) is 4.91. The molecule has 0 radical (unpaired) electrons. The summed E-state index contributed by atoms with van der Waals surface area (Å²) in [6.45, 7) is 8.84. The molecule has 0 saturated heterocycles. The van der Waals surface area contributed by atoms with Gasteiger partial charge in [0.05, 0.1) is 6.61 Å². The van der Waals surface area contributed by atoms with E-state index in [1.807, 2.05) is 26.0 Å². The normalized spacial score (nSPS) is 11.0. The molecule has 1 rings (SSSR count). The standard InChI is InChI=1S/C16H24O2/c1-12(2)14-7-9-15(10-8-14)18-11-5-6-16(17)13(3)4/h7-10,12-13H,5-6,11H2,1-4H3. The topological polar surface area (TPSA) is 26.3 Å². The van der Waals surface area contributed by atoms with Crippen LogP contribution in [0.25, 0.3) is 0 Å². The third-order valence-corrected chi connectivity index (χ3v) is 3.03. The maximum Gasteiger partial charge on any atom is 0.135 e. The average molecular weight is 248 g/mol. The summed E-state index contributed by atoms with van der Waals surface area (Å²) in [6, 6.07) is 8.19. The molecule has 0 heterocycles. The zero-order chi connectivity index (χ0) is 13.5. The minimum absolute atomic E-state index is 0.135. The summed E-state index contributed by atoms with van der Waals surface area (Å²) in [6.07, 6.45) is 1.41. The van der Waals surface area contributed by atoms with E-state index in [-0.39, 0.29) is 5.92 Å². The van der Waals surface area contributed by atoms with Crippen molar-refractivity contribution in [1.29, 1.82) is 0 Å². The first-order chi connectivity index (χ1) is 8.50. The van der Waals surface area contributed by atoms with E-state index in [0.29, 0.717) is 24.7 Å². The molecule has 18 heavy (non-hydrogen) atoms. The molecule has 1 aromatic rings. The Morgan fingerprint density at radius 1 is 1.11 bits per heavy atom. The Labute approximate surface area is 110 Å². The predicted molar refractivity (Wildman–Crippen MR) is 75.1 cm³/mol. The first kappa shape index (κ1) is 14.7. The van der Waals surface area contributed by atoms with Gasteiger partial charge in [-0.15, -0.1) is 0 Å². The van der Waals surface area contributed by atoms with Crippen molar-refractivity contribution in [2.45, 2.75) is 46.5 Å². The molecule has 0 unspecified atom stereocenters. The molecule has 0 saturated carbocycles. The Morgan fingerprint density at radius 3 is 2.22 bits per heavy atom. The number of hydrogen-bond donors (Lipinski definition) is 0. The van der Waals surface area contributed by atoms with Crippen LogP contribution in [-0.4, -0.2) is 12.4 Å². The van der Waals surface area contributed by atoms with Gasteiger partial charge in [0, 0.05) is 12.3 Å². The highest BCUT2D eigenvalue weighted by atomic mass is 16.5. The SMILES string of the molecule is CC(C)C(=O)CCCOc1ccc(C(C)C)cc1. The van der Waals surface area contributed by atoms with E-state index in [9.17, 15) is 4.79 Å². The van der Waals surface area contributed by atoms with Gasteiger partial charge in [-0.25, -0.2) is 0 Å². The quantitative estimate of drug-likeness (QED) is 0.676. The van der Waals surface area contributed by atoms with Crippen LogP contribution >= 0.6 is 0 Å². The van der Waals surface area contributed by atoms with E-state index in [0.717, 1.165) is 12.2 Å². The Kier molecular flexibility index (Phi) is 5.90. The second-order valence-corrected chi connectivity index (χ2v) is 5.30. The fourth-order valence-electron chi connectivity index (χ4n) is 1.67. The van der Waals surface area contributed by atoms with Crippen LogP contribution < -0.4 is 4.74 Å². The fourth-order valence-corrected chi connectivity index (χ4v) is 1.67. The van der Waals surface area contributed by atoms with Crippen LogP contribution in [0.1, 0.15) is 52.0 Å². The third-order valence-electron chi connectivity index (χ3n) is 3.03. The Bertz CT molecular complexity index is 363. The van der Waals surface area contributed by atoms with Crippen LogP contribution in [0.5, 0.6) is 5.75 Å². The molecule has 0 aromatic heterocycles. The van der Waals surface area contributed by atoms with E-state index in [1.54, 1.807) is 0 Å². The van der Waals surface area contributed by atoms with Gasteiger partial charge in [0.25, 0.3) is 0 Å². The van der Waals surface area contributed by atoms with Crippen LogP contribution in [0.3, 0.4) is 0 Å². The lowest BCUT2D eigenvalue weighted by Gasteiger charge is -2.09. The summed E-state index contributed by atoms with van der Waals surface area (Å²) in [5, 5.41) is 0. The molecule has 1 aromatic carbocycles. The van der Waals surface area contributed by atoms with Crippen molar-refractivity contribution < 1.29 is 9.53 Å². The molecule has 0 spiro atoms. The van der Waals surface area contributed by atoms with Crippen molar-refractivity contribution in [2.24, 2.45) is 5.92 Å². The van der Waals surface area contributed by atoms with Crippen LogP contribution in [0.2, 0.25) is 0 Å². The molecule has 0 N–H and O–H groups in total. The van der Waals surface area contributed by atoms with Crippen LogP contribution in [0.4, 0.5) is 0 Å². The number of carbonyl (C=O) groups excluding carboxylic acids is 1. The second-order valence-electron chi connectivity index (χ2n) is 5.30. The number of hydrogen-bond acceptors (Lipinski definition) is 2. The molecule has 0 amide bonds. The molecule has 2 heteroatoms. The summed E-state index contributed by atoms with van der Waals surface area (Å²) >= 11 is 0. The van der Waals surface area contributed by atoms with Crippen LogP contribution in [0.15, 0.2) is 24.3 Å². The highest BCUT2D eigenvalue weighted by Crippen LogP contribution is 2.18.